The lowest BCUT2D eigenvalue weighted by molar-refractivity contribution is -0.140. The molecule has 0 aromatic rings. The Labute approximate surface area is 50.6 Å². The van der Waals surface area contributed by atoms with Gasteiger partial charge in [-0.05, 0) is 0 Å². The molecule has 3 heteroatoms. The van der Waals surface area contributed by atoms with Crippen LogP contribution in [0.4, 0.5) is 0 Å². The lowest BCUT2D eigenvalue weighted by Gasteiger charge is -2.03. The van der Waals surface area contributed by atoms with Gasteiger partial charge in [0.05, 0.1) is 15.0 Å². The smallest absolute Gasteiger partial charge is 0.299 e. The van der Waals surface area contributed by atoms with Gasteiger partial charge in [-0.15, -0.1) is 0 Å². The number of esters is 1. The second kappa shape index (κ2) is 3.53. The molecule has 8 heavy (non-hydrogen) atoms. The highest BCUT2D eigenvalue weighted by molar-refractivity contribution is 6.22. The molecular weight excluding hydrogens is 103 g/mol. The van der Waals surface area contributed by atoms with Gasteiger partial charge in [-0.2, -0.15) is 0 Å². The van der Waals surface area contributed by atoms with E-state index in [0.29, 0.717) is 6.42 Å². The SMILES string of the molecule is [B]C(CC)C(=O)OC. The van der Waals surface area contributed by atoms with Crippen LogP contribution in [-0.4, -0.2) is 20.9 Å². The Balaban J connectivity index is 3.46. The second-order valence-electron chi connectivity index (χ2n) is 1.54. The van der Waals surface area contributed by atoms with Crippen molar-refractivity contribution in [3.63, 3.8) is 0 Å². The first kappa shape index (κ1) is 7.53. The van der Waals surface area contributed by atoms with Crippen molar-refractivity contribution < 1.29 is 9.53 Å². The summed E-state index contributed by atoms with van der Waals surface area (Å²) in [5, 5.41) is 0. The average Bonchev–Trinajstić information content (AvgIpc) is 1.84. The summed E-state index contributed by atoms with van der Waals surface area (Å²) in [5.41, 5.74) is 0. The van der Waals surface area contributed by atoms with Gasteiger partial charge >= 0.3 is 0 Å². The monoisotopic (exact) mass is 112 g/mol. The molecule has 0 aliphatic heterocycles. The molecule has 0 fully saturated rings. The molecular formula is C5H9BO2. The van der Waals surface area contributed by atoms with Gasteiger partial charge < -0.3 is 4.74 Å². The molecule has 0 aliphatic carbocycles. The lowest BCUT2D eigenvalue weighted by atomic mass is 9.85. The lowest BCUT2D eigenvalue weighted by Crippen LogP contribution is -2.08. The number of carbonyl (C=O) groups is 1. The van der Waals surface area contributed by atoms with Crippen molar-refractivity contribution in [1.29, 1.82) is 0 Å². The normalized spacial score (nSPS) is 12.8. The fourth-order valence-electron chi connectivity index (χ4n) is 0.318. The molecule has 0 bridgehead atoms. The van der Waals surface area contributed by atoms with E-state index in [9.17, 15) is 4.79 Å². The third-order valence-corrected chi connectivity index (χ3v) is 0.944. The molecule has 0 saturated heterocycles. The zero-order valence-electron chi connectivity index (χ0n) is 5.18. The minimum atomic E-state index is -0.444. The van der Waals surface area contributed by atoms with Crippen LogP contribution in [0.5, 0.6) is 0 Å². The zero-order valence-corrected chi connectivity index (χ0v) is 5.18. The van der Waals surface area contributed by atoms with Crippen LogP contribution in [-0.2, 0) is 9.53 Å². The maximum atomic E-state index is 10.4. The predicted molar refractivity (Wildman–Crippen MR) is 31.8 cm³/mol. The number of carbonyl (C=O) groups excluding carboxylic acids is 1. The van der Waals surface area contributed by atoms with E-state index in [-0.39, 0.29) is 5.97 Å². The Morgan fingerprint density at radius 1 is 1.88 bits per heavy atom. The number of ether oxygens (including phenoxy) is 1. The van der Waals surface area contributed by atoms with Crippen LogP contribution in [0, 0.1) is 0 Å². The maximum absolute atomic E-state index is 10.4. The standard InChI is InChI=1S/C5H9BO2/c1-3-4(6)5(7)8-2/h4H,3H2,1-2H3. The summed E-state index contributed by atoms with van der Waals surface area (Å²) in [6.45, 7) is 1.83. The topological polar surface area (TPSA) is 26.3 Å². The first-order chi connectivity index (χ1) is 3.72. The molecule has 1 unspecified atom stereocenters. The molecule has 0 rings (SSSR count). The predicted octanol–water partition coefficient (Wildman–Crippen LogP) is 0.526. The molecule has 2 radical (unpaired) electrons. The third-order valence-electron chi connectivity index (χ3n) is 0.944. The molecule has 0 spiro atoms. The Morgan fingerprint density at radius 3 is 2.50 bits per heavy atom. The van der Waals surface area contributed by atoms with Crippen LogP contribution in [0.1, 0.15) is 13.3 Å². The quantitative estimate of drug-likeness (QED) is 0.384. The van der Waals surface area contributed by atoms with Crippen LogP contribution in [0.2, 0.25) is 5.82 Å². The molecule has 0 saturated carbocycles. The van der Waals surface area contributed by atoms with E-state index in [0.717, 1.165) is 0 Å². The highest BCUT2D eigenvalue weighted by atomic mass is 16.5. The van der Waals surface area contributed by atoms with Gasteiger partial charge in [0.25, 0.3) is 5.97 Å². The van der Waals surface area contributed by atoms with Gasteiger partial charge in [-0.1, -0.05) is 13.3 Å². The van der Waals surface area contributed by atoms with Gasteiger partial charge in [0.15, 0.2) is 0 Å². The number of hydrogen-bond donors (Lipinski definition) is 0. The number of rotatable bonds is 2. The Bertz CT molecular complexity index is 82.5. The molecule has 0 amide bonds. The minimum absolute atomic E-state index is 0.340. The van der Waals surface area contributed by atoms with Crippen molar-refractivity contribution in [1.82, 2.24) is 0 Å². The summed E-state index contributed by atoms with van der Waals surface area (Å²) in [7, 11) is 6.58. The minimum Gasteiger partial charge on any atom is -0.469 e. The Morgan fingerprint density at radius 2 is 2.38 bits per heavy atom. The van der Waals surface area contributed by atoms with E-state index in [1.807, 2.05) is 6.92 Å². The van der Waals surface area contributed by atoms with E-state index in [1.165, 1.54) is 7.11 Å². The van der Waals surface area contributed by atoms with E-state index in [1.54, 1.807) is 0 Å². The van der Waals surface area contributed by atoms with E-state index < -0.39 is 5.82 Å². The summed E-state index contributed by atoms with van der Waals surface area (Å²) < 4.78 is 4.34. The summed E-state index contributed by atoms with van der Waals surface area (Å²) >= 11 is 0. The van der Waals surface area contributed by atoms with Gasteiger partial charge in [0.1, 0.15) is 0 Å². The molecule has 0 aliphatic rings. The summed E-state index contributed by atoms with van der Waals surface area (Å²) in [4.78, 5) is 10.4. The first-order valence-electron chi connectivity index (χ1n) is 2.55. The Kier molecular flexibility index (Phi) is 3.32. The van der Waals surface area contributed by atoms with Crippen molar-refractivity contribution in [2.45, 2.75) is 19.2 Å². The van der Waals surface area contributed by atoms with Crippen molar-refractivity contribution in [3.05, 3.63) is 0 Å². The van der Waals surface area contributed by atoms with Crippen LogP contribution in [0.15, 0.2) is 0 Å². The van der Waals surface area contributed by atoms with Gasteiger partial charge in [-0.25, -0.2) is 0 Å². The van der Waals surface area contributed by atoms with Crippen molar-refractivity contribution >= 4 is 13.8 Å². The summed E-state index contributed by atoms with van der Waals surface area (Å²) in [5.74, 6) is -0.785. The van der Waals surface area contributed by atoms with Gasteiger partial charge in [-0.3, -0.25) is 4.79 Å². The van der Waals surface area contributed by atoms with E-state index in [4.69, 9.17) is 7.85 Å². The summed E-state index contributed by atoms with van der Waals surface area (Å²) in [6.07, 6.45) is 0.632. The van der Waals surface area contributed by atoms with Crippen LogP contribution >= 0.6 is 0 Å². The van der Waals surface area contributed by atoms with E-state index >= 15 is 0 Å². The molecule has 2 nitrogen and oxygen atoms in total. The van der Waals surface area contributed by atoms with Crippen molar-refractivity contribution in [2.75, 3.05) is 7.11 Å². The van der Waals surface area contributed by atoms with Crippen LogP contribution < -0.4 is 0 Å². The van der Waals surface area contributed by atoms with Crippen molar-refractivity contribution in [2.24, 2.45) is 0 Å². The molecule has 1 atom stereocenters. The maximum Gasteiger partial charge on any atom is 0.299 e. The molecule has 0 aromatic carbocycles. The third kappa shape index (κ3) is 2.00. The number of methoxy groups -OCH3 is 1. The molecule has 0 aromatic heterocycles. The van der Waals surface area contributed by atoms with Crippen LogP contribution in [0.3, 0.4) is 0 Å². The molecule has 44 valence electrons. The van der Waals surface area contributed by atoms with Crippen LogP contribution in [0.25, 0.3) is 0 Å². The fraction of sp³-hybridized carbons (Fsp3) is 0.800. The van der Waals surface area contributed by atoms with Gasteiger partial charge in [0.2, 0.25) is 0 Å². The fourth-order valence-corrected chi connectivity index (χ4v) is 0.318. The molecule has 0 heterocycles. The van der Waals surface area contributed by atoms with E-state index in [2.05, 4.69) is 4.74 Å². The average molecular weight is 112 g/mol. The summed E-state index contributed by atoms with van der Waals surface area (Å²) in [6, 6.07) is 0. The Hall–Kier alpha value is -0.465. The largest absolute Gasteiger partial charge is 0.469 e. The number of hydrogen-bond acceptors (Lipinski definition) is 2. The second-order valence-corrected chi connectivity index (χ2v) is 1.54. The highest BCUT2D eigenvalue weighted by Gasteiger charge is 2.07. The molecule has 0 N–H and O–H groups in total. The highest BCUT2D eigenvalue weighted by Crippen LogP contribution is 2.04. The zero-order chi connectivity index (χ0) is 6.57. The van der Waals surface area contributed by atoms with Gasteiger partial charge in [0, 0.05) is 5.82 Å². The first-order valence-corrected chi connectivity index (χ1v) is 2.55. The van der Waals surface area contributed by atoms with Crippen molar-refractivity contribution in [3.8, 4) is 0 Å².